The summed E-state index contributed by atoms with van der Waals surface area (Å²) in [6, 6.07) is 0.340. The van der Waals surface area contributed by atoms with Gasteiger partial charge in [-0.05, 0) is 52.6 Å². The second-order valence-corrected chi connectivity index (χ2v) is 6.80. The van der Waals surface area contributed by atoms with Gasteiger partial charge in [-0.15, -0.1) is 0 Å². The van der Waals surface area contributed by atoms with Crippen LogP contribution < -0.4 is 5.73 Å². The van der Waals surface area contributed by atoms with Crippen molar-refractivity contribution < 1.29 is 9.59 Å². The van der Waals surface area contributed by atoms with E-state index in [2.05, 4.69) is 16.7 Å². The van der Waals surface area contributed by atoms with Crippen LogP contribution in [0.25, 0.3) is 0 Å². The lowest BCUT2D eigenvalue weighted by Gasteiger charge is -2.40. The van der Waals surface area contributed by atoms with Gasteiger partial charge in [-0.2, -0.15) is 0 Å². The summed E-state index contributed by atoms with van der Waals surface area (Å²) in [5.74, 6) is 0.0436. The van der Waals surface area contributed by atoms with Crippen LogP contribution in [0.5, 0.6) is 0 Å². The summed E-state index contributed by atoms with van der Waals surface area (Å²) in [7, 11) is 0. The molecule has 1 aliphatic heterocycles. The van der Waals surface area contributed by atoms with Gasteiger partial charge >= 0.3 is 0 Å². The lowest BCUT2D eigenvalue weighted by molar-refractivity contribution is -0.140. The molecule has 22 heavy (non-hydrogen) atoms. The summed E-state index contributed by atoms with van der Waals surface area (Å²) in [6.45, 7) is 6.48. The number of carbonyl (C=O) groups is 2. The van der Waals surface area contributed by atoms with Gasteiger partial charge in [-0.25, -0.2) is 0 Å². The second kappa shape index (κ2) is 7.95. The van der Waals surface area contributed by atoms with Gasteiger partial charge in [-0.1, -0.05) is 19.3 Å². The number of amides is 2. The summed E-state index contributed by atoms with van der Waals surface area (Å²) in [5.41, 5.74) is 5.38. The van der Waals surface area contributed by atoms with E-state index in [0.717, 1.165) is 45.3 Å². The molecule has 0 spiro atoms. The summed E-state index contributed by atoms with van der Waals surface area (Å²) >= 11 is 0. The Morgan fingerprint density at radius 2 is 1.73 bits per heavy atom. The number of hydrogen-bond donors (Lipinski definition) is 1. The maximum absolute atomic E-state index is 12.9. The first-order valence-electron chi connectivity index (χ1n) is 8.88. The maximum atomic E-state index is 12.9. The number of nitrogens with two attached hydrogens (primary N) is 1. The highest BCUT2D eigenvalue weighted by Gasteiger charge is 2.33. The molecule has 0 aromatic heterocycles. The topological polar surface area (TPSA) is 66.6 Å². The van der Waals surface area contributed by atoms with Crippen LogP contribution in [0.3, 0.4) is 0 Å². The van der Waals surface area contributed by atoms with Gasteiger partial charge in [0.05, 0.1) is 6.04 Å². The molecule has 2 amide bonds. The Labute approximate surface area is 134 Å². The number of likely N-dealkylation sites (N-methyl/N-ethyl adjacent to an activating group) is 1. The molecule has 0 bridgehead atoms. The van der Waals surface area contributed by atoms with E-state index in [1.807, 2.05) is 6.92 Å². The molecule has 0 aromatic carbocycles. The van der Waals surface area contributed by atoms with Crippen LogP contribution in [0.1, 0.15) is 58.8 Å². The number of piperidine rings is 1. The Kier molecular flexibility index (Phi) is 6.24. The molecule has 5 nitrogen and oxygen atoms in total. The maximum Gasteiger partial charge on any atom is 0.239 e. The lowest BCUT2D eigenvalue weighted by Crippen LogP contribution is -2.53. The number of likely N-dealkylation sites (tertiary alicyclic amines) is 1. The van der Waals surface area contributed by atoms with Crippen LogP contribution in [0, 0.1) is 5.92 Å². The van der Waals surface area contributed by atoms with Gasteiger partial charge in [0.15, 0.2) is 0 Å². The zero-order valence-electron chi connectivity index (χ0n) is 14.1. The minimum Gasteiger partial charge on any atom is -0.369 e. The highest BCUT2D eigenvalue weighted by molar-refractivity contribution is 5.82. The van der Waals surface area contributed by atoms with Gasteiger partial charge in [-0.3, -0.25) is 14.5 Å². The molecule has 2 rings (SSSR count). The van der Waals surface area contributed by atoms with Gasteiger partial charge in [0, 0.05) is 18.5 Å². The van der Waals surface area contributed by atoms with Gasteiger partial charge < -0.3 is 10.6 Å². The van der Waals surface area contributed by atoms with Crippen molar-refractivity contribution in [1.29, 1.82) is 0 Å². The van der Waals surface area contributed by atoms with Gasteiger partial charge in [0.2, 0.25) is 11.8 Å². The predicted molar refractivity (Wildman–Crippen MR) is 87.2 cm³/mol. The molecule has 0 aromatic rings. The molecular weight excluding hydrogens is 278 g/mol. The number of hydrogen-bond acceptors (Lipinski definition) is 3. The number of rotatable bonds is 5. The largest absolute Gasteiger partial charge is 0.369 e. The predicted octanol–water partition coefficient (Wildman–Crippen LogP) is 1.75. The molecule has 2 N–H and O–H groups in total. The summed E-state index contributed by atoms with van der Waals surface area (Å²) in [6.07, 6.45) is 7.65. The molecule has 126 valence electrons. The van der Waals surface area contributed by atoms with Crippen LogP contribution in [0.4, 0.5) is 0 Å². The standard InChI is InChI=1S/C17H31N3O2/c1-3-20(15-7-5-4-6-8-15)17(22)13(2)19-11-9-14(10-12-19)16(18)21/h13-15H,3-12H2,1-2H3,(H2,18,21)/t13-/m0/s1. The normalized spacial score (nSPS) is 23.2. The van der Waals surface area contributed by atoms with Crippen molar-refractivity contribution in [1.82, 2.24) is 9.80 Å². The molecule has 1 atom stereocenters. The van der Waals surface area contributed by atoms with Crippen molar-refractivity contribution in [2.24, 2.45) is 11.7 Å². The third-order valence-corrected chi connectivity index (χ3v) is 5.48. The first-order valence-corrected chi connectivity index (χ1v) is 8.88. The summed E-state index contributed by atoms with van der Waals surface area (Å²) in [5, 5.41) is 0. The van der Waals surface area contributed by atoms with Crippen LogP contribution in [0.2, 0.25) is 0 Å². The smallest absolute Gasteiger partial charge is 0.239 e. The summed E-state index contributed by atoms with van der Waals surface area (Å²) in [4.78, 5) is 28.4. The van der Waals surface area contributed by atoms with Crippen molar-refractivity contribution >= 4 is 11.8 Å². The quantitative estimate of drug-likeness (QED) is 0.841. The van der Waals surface area contributed by atoms with Crippen LogP contribution in [0.15, 0.2) is 0 Å². The van der Waals surface area contributed by atoms with E-state index in [-0.39, 0.29) is 23.8 Å². The minimum absolute atomic E-state index is 0.0147. The van der Waals surface area contributed by atoms with Crippen molar-refractivity contribution in [3.63, 3.8) is 0 Å². The fourth-order valence-electron chi connectivity index (χ4n) is 3.95. The van der Waals surface area contributed by atoms with Crippen molar-refractivity contribution in [3.8, 4) is 0 Å². The zero-order chi connectivity index (χ0) is 16.1. The van der Waals surface area contributed by atoms with Crippen LogP contribution in [-0.4, -0.2) is 53.3 Å². The lowest BCUT2D eigenvalue weighted by atomic mass is 9.93. The highest BCUT2D eigenvalue weighted by atomic mass is 16.2. The molecule has 5 heteroatoms. The molecule has 0 radical (unpaired) electrons. The Balaban J connectivity index is 1.91. The van der Waals surface area contributed by atoms with Crippen molar-refractivity contribution in [2.45, 2.75) is 70.9 Å². The fourth-order valence-corrected chi connectivity index (χ4v) is 3.95. The average Bonchev–Trinajstić information content (AvgIpc) is 2.56. The fraction of sp³-hybridized carbons (Fsp3) is 0.882. The molecule has 0 unspecified atom stereocenters. The molecule has 2 aliphatic rings. The van der Waals surface area contributed by atoms with Crippen LogP contribution >= 0.6 is 0 Å². The van der Waals surface area contributed by atoms with E-state index < -0.39 is 0 Å². The molecule has 1 saturated carbocycles. The van der Waals surface area contributed by atoms with E-state index in [4.69, 9.17) is 5.73 Å². The molecule has 1 saturated heterocycles. The first kappa shape index (κ1) is 17.3. The summed E-state index contributed by atoms with van der Waals surface area (Å²) < 4.78 is 0. The second-order valence-electron chi connectivity index (χ2n) is 6.80. The van der Waals surface area contributed by atoms with Crippen molar-refractivity contribution in [2.75, 3.05) is 19.6 Å². The molecule has 2 fully saturated rings. The Hall–Kier alpha value is -1.10. The van der Waals surface area contributed by atoms with E-state index in [1.54, 1.807) is 0 Å². The van der Waals surface area contributed by atoms with Crippen LogP contribution in [-0.2, 0) is 9.59 Å². The molecular formula is C17H31N3O2. The van der Waals surface area contributed by atoms with E-state index in [0.29, 0.717) is 6.04 Å². The Morgan fingerprint density at radius 3 is 2.23 bits per heavy atom. The minimum atomic E-state index is -0.198. The zero-order valence-corrected chi connectivity index (χ0v) is 14.1. The van der Waals surface area contributed by atoms with Gasteiger partial charge in [0.1, 0.15) is 0 Å². The number of carbonyl (C=O) groups excluding carboxylic acids is 2. The average molecular weight is 309 g/mol. The number of primary amides is 1. The highest BCUT2D eigenvalue weighted by Crippen LogP contribution is 2.25. The third-order valence-electron chi connectivity index (χ3n) is 5.48. The monoisotopic (exact) mass is 309 g/mol. The first-order chi connectivity index (χ1) is 10.5. The molecule has 1 aliphatic carbocycles. The van der Waals surface area contributed by atoms with E-state index in [1.165, 1.54) is 19.3 Å². The SMILES string of the molecule is CCN(C(=O)[C@H](C)N1CCC(C(N)=O)CC1)C1CCCCC1. The Morgan fingerprint density at radius 1 is 1.14 bits per heavy atom. The van der Waals surface area contributed by atoms with E-state index in [9.17, 15) is 9.59 Å². The molecule has 1 heterocycles. The van der Waals surface area contributed by atoms with Crippen molar-refractivity contribution in [3.05, 3.63) is 0 Å². The number of nitrogens with zero attached hydrogens (tertiary/aromatic N) is 2. The third kappa shape index (κ3) is 4.00. The van der Waals surface area contributed by atoms with E-state index >= 15 is 0 Å². The Bertz CT molecular complexity index is 385. The van der Waals surface area contributed by atoms with Gasteiger partial charge in [0.25, 0.3) is 0 Å².